The zero-order chi connectivity index (χ0) is 17.6. The van der Waals surface area contributed by atoms with Crippen molar-refractivity contribution in [1.82, 2.24) is 9.88 Å². The number of amides is 1. The Labute approximate surface area is 145 Å². The van der Waals surface area contributed by atoms with Gasteiger partial charge in [0.15, 0.2) is 0 Å². The first-order valence-corrected chi connectivity index (χ1v) is 8.42. The van der Waals surface area contributed by atoms with Crippen LogP contribution in [0.25, 0.3) is 16.5 Å². The predicted molar refractivity (Wildman–Crippen MR) is 93.3 cm³/mol. The number of carbonyl (C=O) groups is 2. The van der Waals surface area contributed by atoms with E-state index in [0.29, 0.717) is 32.4 Å². The minimum absolute atomic E-state index is 0.240. The molecule has 0 saturated heterocycles. The van der Waals surface area contributed by atoms with Gasteiger partial charge in [0.25, 0.3) is 0 Å². The first-order valence-electron chi connectivity index (χ1n) is 8.42. The Morgan fingerprint density at radius 1 is 1.32 bits per heavy atom. The van der Waals surface area contributed by atoms with Gasteiger partial charge in [-0.25, -0.2) is 0 Å². The first-order chi connectivity index (χ1) is 12.0. The number of fused-ring (bicyclic) bond motifs is 1. The van der Waals surface area contributed by atoms with E-state index >= 15 is 0 Å². The van der Waals surface area contributed by atoms with Crippen LogP contribution in [0.2, 0.25) is 0 Å². The maximum atomic E-state index is 12.5. The Kier molecular flexibility index (Phi) is 3.56. The van der Waals surface area contributed by atoms with Crippen LogP contribution in [0.4, 0.5) is 0 Å². The maximum Gasteiger partial charge on any atom is 0.319 e. The molecule has 1 aromatic carbocycles. The summed E-state index contributed by atoms with van der Waals surface area (Å²) in [7, 11) is 1.65. The normalized spacial score (nSPS) is 18.8. The summed E-state index contributed by atoms with van der Waals surface area (Å²) < 4.78 is 5.31. The fraction of sp³-hybridized carbons (Fsp3) is 0.368. The molecule has 6 heteroatoms. The molecule has 130 valence electrons. The van der Waals surface area contributed by atoms with E-state index in [9.17, 15) is 14.7 Å². The molecule has 6 nitrogen and oxygen atoms in total. The highest BCUT2D eigenvalue weighted by molar-refractivity contribution is 6.05. The molecular weight excluding hydrogens is 320 g/mol. The highest BCUT2D eigenvalue weighted by atomic mass is 16.5. The van der Waals surface area contributed by atoms with Crippen LogP contribution in [0, 0.1) is 5.41 Å². The van der Waals surface area contributed by atoms with Crippen LogP contribution in [-0.4, -0.2) is 47.1 Å². The molecule has 1 amide bonds. The van der Waals surface area contributed by atoms with Gasteiger partial charge in [-0.2, -0.15) is 0 Å². The second-order valence-electron chi connectivity index (χ2n) is 6.73. The molecule has 25 heavy (non-hydrogen) atoms. The molecule has 2 aliphatic rings. The van der Waals surface area contributed by atoms with Crippen molar-refractivity contribution >= 4 is 28.4 Å². The lowest BCUT2D eigenvalue weighted by Gasteiger charge is -2.28. The Balaban J connectivity index is 1.57. The van der Waals surface area contributed by atoms with Gasteiger partial charge in [0.05, 0.1) is 7.11 Å². The van der Waals surface area contributed by atoms with E-state index in [1.54, 1.807) is 12.0 Å². The number of hydrogen-bond donors (Lipinski definition) is 2. The lowest BCUT2D eigenvalue weighted by Crippen LogP contribution is -2.42. The number of rotatable bonds is 4. The standard InChI is InChI=1S/C19H20N2O4/c1-25-13-2-3-16-14(10-13)15(11-20-16)12-4-8-21(9-5-12)17(22)19(6-7-19)18(23)24/h2-4,10-11,20H,5-9H2,1H3,(H,23,24). The van der Waals surface area contributed by atoms with E-state index in [1.165, 1.54) is 5.57 Å². The number of ether oxygens (including phenoxy) is 1. The molecule has 1 fully saturated rings. The largest absolute Gasteiger partial charge is 0.497 e. The van der Waals surface area contributed by atoms with Crippen LogP contribution in [0.15, 0.2) is 30.5 Å². The molecule has 0 bridgehead atoms. The Hall–Kier alpha value is -2.76. The van der Waals surface area contributed by atoms with Crippen molar-refractivity contribution in [2.75, 3.05) is 20.2 Å². The third kappa shape index (κ3) is 2.49. The summed E-state index contributed by atoms with van der Waals surface area (Å²) in [5.74, 6) is -0.425. The molecule has 2 N–H and O–H groups in total. The third-order valence-corrected chi connectivity index (χ3v) is 5.30. The second-order valence-corrected chi connectivity index (χ2v) is 6.73. The van der Waals surface area contributed by atoms with Gasteiger partial charge in [-0.15, -0.1) is 0 Å². The topological polar surface area (TPSA) is 82.6 Å². The Morgan fingerprint density at radius 3 is 2.72 bits per heavy atom. The summed E-state index contributed by atoms with van der Waals surface area (Å²) in [4.78, 5) is 28.8. The van der Waals surface area contributed by atoms with Crippen LogP contribution < -0.4 is 4.74 Å². The van der Waals surface area contributed by atoms with Gasteiger partial charge >= 0.3 is 5.97 Å². The number of nitrogens with zero attached hydrogens (tertiary/aromatic N) is 1. The third-order valence-electron chi connectivity index (χ3n) is 5.30. The van der Waals surface area contributed by atoms with Gasteiger partial charge in [0.1, 0.15) is 11.2 Å². The van der Waals surface area contributed by atoms with Crippen molar-refractivity contribution < 1.29 is 19.4 Å². The summed E-state index contributed by atoms with van der Waals surface area (Å²) in [5.41, 5.74) is 2.17. The molecule has 0 radical (unpaired) electrons. The monoisotopic (exact) mass is 340 g/mol. The van der Waals surface area contributed by atoms with Gasteiger partial charge in [-0.05, 0) is 43.0 Å². The fourth-order valence-electron chi connectivity index (χ4n) is 3.54. The van der Waals surface area contributed by atoms with Gasteiger partial charge in [0, 0.05) is 35.8 Å². The SMILES string of the molecule is COc1ccc2[nH]cc(C3=CCN(C(=O)C4(C(=O)O)CC4)CC3)c2c1. The number of carboxylic acids is 1. The highest BCUT2D eigenvalue weighted by Crippen LogP contribution is 2.48. The van der Waals surface area contributed by atoms with Gasteiger partial charge < -0.3 is 19.7 Å². The fourth-order valence-corrected chi connectivity index (χ4v) is 3.54. The van der Waals surface area contributed by atoms with Crippen molar-refractivity contribution in [3.8, 4) is 5.75 Å². The lowest BCUT2D eigenvalue weighted by molar-refractivity contribution is -0.153. The van der Waals surface area contributed by atoms with Crippen LogP contribution >= 0.6 is 0 Å². The molecule has 4 rings (SSSR count). The molecular formula is C19H20N2O4. The quantitative estimate of drug-likeness (QED) is 0.838. The second kappa shape index (κ2) is 5.65. The summed E-state index contributed by atoms with van der Waals surface area (Å²) in [5, 5.41) is 10.4. The average molecular weight is 340 g/mol. The molecule has 1 aromatic heterocycles. The van der Waals surface area contributed by atoms with E-state index in [1.807, 2.05) is 30.5 Å². The summed E-state index contributed by atoms with van der Waals surface area (Å²) in [6.07, 6.45) is 5.63. The number of hydrogen-bond acceptors (Lipinski definition) is 3. The number of carbonyl (C=O) groups excluding carboxylic acids is 1. The van der Waals surface area contributed by atoms with E-state index in [4.69, 9.17) is 4.74 Å². The smallest absolute Gasteiger partial charge is 0.319 e. The zero-order valence-corrected chi connectivity index (χ0v) is 14.0. The molecule has 2 heterocycles. The highest BCUT2D eigenvalue weighted by Gasteiger charge is 2.58. The number of benzene rings is 1. The average Bonchev–Trinajstić information content (AvgIpc) is 3.35. The van der Waals surface area contributed by atoms with Crippen LogP contribution in [0.3, 0.4) is 0 Å². The van der Waals surface area contributed by atoms with Crippen molar-refractivity contribution in [3.05, 3.63) is 36.0 Å². The summed E-state index contributed by atoms with van der Waals surface area (Å²) >= 11 is 0. The van der Waals surface area contributed by atoms with Gasteiger partial charge in [-0.1, -0.05) is 6.08 Å². The van der Waals surface area contributed by atoms with Crippen molar-refractivity contribution in [2.24, 2.45) is 5.41 Å². The number of nitrogens with one attached hydrogen (secondary N) is 1. The number of methoxy groups -OCH3 is 1. The number of H-pyrrole nitrogens is 1. The predicted octanol–water partition coefficient (Wildman–Crippen LogP) is 2.66. The molecule has 1 saturated carbocycles. The minimum atomic E-state index is -1.15. The summed E-state index contributed by atoms with van der Waals surface area (Å²) in [6, 6.07) is 5.91. The molecule has 0 spiro atoms. The van der Waals surface area contributed by atoms with Crippen molar-refractivity contribution in [3.63, 3.8) is 0 Å². The molecule has 0 unspecified atom stereocenters. The zero-order valence-electron chi connectivity index (χ0n) is 14.0. The number of aliphatic carboxylic acids is 1. The van der Waals surface area contributed by atoms with E-state index < -0.39 is 11.4 Å². The lowest BCUT2D eigenvalue weighted by atomic mass is 9.97. The Bertz CT molecular complexity index is 892. The maximum absolute atomic E-state index is 12.5. The van der Waals surface area contributed by atoms with Crippen LogP contribution in [0.5, 0.6) is 5.75 Å². The Morgan fingerprint density at radius 2 is 2.12 bits per heavy atom. The molecule has 1 aliphatic heterocycles. The molecule has 2 aromatic rings. The molecule has 1 aliphatic carbocycles. The van der Waals surface area contributed by atoms with Gasteiger partial charge in [0.2, 0.25) is 5.91 Å². The van der Waals surface area contributed by atoms with Crippen molar-refractivity contribution in [1.29, 1.82) is 0 Å². The first kappa shape index (κ1) is 15.7. The van der Waals surface area contributed by atoms with Crippen LogP contribution in [0.1, 0.15) is 24.8 Å². The van der Waals surface area contributed by atoms with E-state index in [0.717, 1.165) is 22.2 Å². The van der Waals surface area contributed by atoms with E-state index in [-0.39, 0.29) is 5.91 Å². The molecule has 0 atom stereocenters. The number of carboxylic acid groups (broad SMARTS) is 1. The van der Waals surface area contributed by atoms with Gasteiger partial charge in [-0.3, -0.25) is 9.59 Å². The minimum Gasteiger partial charge on any atom is -0.497 e. The summed E-state index contributed by atoms with van der Waals surface area (Å²) in [6.45, 7) is 1.01. The van der Waals surface area contributed by atoms with E-state index in [2.05, 4.69) is 4.98 Å². The van der Waals surface area contributed by atoms with Crippen molar-refractivity contribution in [2.45, 2.75) is 19.3 Å². The number of aromatic amines is 1. The number of aromatic nitrogens is 1. The van der Waals surface area contributed by atoms with Crippen LogP contribution in [-0.2, 0) is 9.59 Å².